The van der Waals surface area contributed by atoms with Gasteiger partial charge in [0.15, 0.2) is 0 Å². The van der Waals surface area contributed by atoms with Crippen LogP contribution in [0.1, 0.15) is 12.8 Å². The minimum absolute atomic E-state index is 0.0117. The second kappa shape index (κ2) is 4.83. The Kier molecular flexibility index (Phi) is 4.02. The molecule has 3 N–H and O–H groups in total. The van der Waals surface area contributed by atoms with Gasteiger partial charge in [-0.05, 0) is 24.3 Å². The maximum absolute atomic E-state index is 11.0. The van der Waals surface area contributed by atoms with Crippen LogP contribution in [0.15, 0.2) is 0 Å². The van der Waals surface area contributed by atoms with Crippen LogP contribution in [0.3, 0.4) is 0 Å². The summed E-state index contributed by atoms with van der Waals surface area (Å²) in [6.45, 7) is 0.346. The summed E-state index contributed by atoms with van der Waals surface area (Å²) in [4.78, 5) is 11.0. The van der Waals surface area contributed by atoms with Gasteiger partial charge >= 0.3 is 5.97 Å². The second-order valence-electron chi connectivity index (χ2n) is 3.15. The van der Waals surface area contributed by atoms with Crippen LogP contribution in [0.2, 0.25) is 0 Å². The summed E-state index contributed by atoms with van der Waals surface area (Å²) in [5.41, 5.74) is -0.784. The lowest BCUT2D eigenvalue weighted by Crippen LogP contribution is -2.55. The smallest absolute Gasteiger partial charge is 0.323 e. The Morgan fingerprint density at radius 3 is 2.54 bits per heavy atom. The third-order valence-electron chi connectivity index (χ3n) is 2.33. The molecule has 1 rings (SSSR count). The van der Waals surface area contributed by atoms with Gasteiger partial charge in [-0.1, -0.05) is 0 Å². The van der Waals surface area contributed by atoms with Crippen LogP contribution in [0.25, 0.3) is 0 Å². The summed E-state index contributed by atoms with van der Waals surface area (Å²) >= 11 is 1.78. The molecule has 0 aromatic rings. The van der Waals surface area contributed by atoms with Crippen LogP contribution < -0.4 is 5.32 Å². The molecule has 0 aromatic heterocycles. The summed E-state index contributed by atoms with van der Waals surface area (Å²) in [6, 6.07) is 0. The van der Waals surface area contributed by atoms with Crippen LogP contribution in [0.4, 0.5) is 0 Å². The highest BCUT2D eigenvalue weighted by Gasteiger charge is 2.38. The first-order chi connectivity index (χ1) is 6.21. The van der Waals surface area contributed by atoms with E-state index in [0.29, 0.717) is 19.4 Å². The fourth-order valence-corrected chi connectivity index (χ4v) is 2.67. The van der Waals surface area contributed by atoms with Crippen molar-refractivity contribution in [2.24, 2.45) is 0 Å². The molecule has 5 heteroatoms. The van der Waals surface area contributed by atoms with Crippen molar-refractivity contribution in [3.05, 3.63) is 0 Å². The number of carbonyl (C=O) groups is 1. The minimum Gasteiger partial charge on any atom is -0.480 e. The molecule has 76 valence electrons. The number of aliphatic hydroxyl groups excluding tert-OH is 1. The molecule has 1 fully saturated rings. The number of β-amino-alcohol motifs (C(OH)–C–C–N with tert-alkyl or cyclic N) is 1. The predicted octanol–water partition coefficient (Wildman–Crippen LogP) is -0.0813. The van der Waals surface area contributed by atoms with Crippen LogP contribution >= 0.6 is 11.8 Å². The molecular weight excluding hydrogens is 190 g/mol. The van der Waals surface area contributed by atoms with E-state index in [0.717, 1.165) is 11.5 Å². The molecule has 1 aliphatic heterocycles. The molecule has 1 aliphatic rings. The number of hydrogen-bond acceptors (Lipinski definition) is 4. The SMILES string of the molecule is O=C(O)C1(NCCO)CCSCC1. The van der Waals surface area contributed by atoms with Crippen LogP contribution in [0.5, 0.6) is 0 Å². The number of carboxylic acids is 1. The zero-order valence-electron chi connectivity index (χ0n) is 7.45. The number of thioether (sulfide) groups is 1. The van der Waals surface area contributed by atoms with Crippen LogP contribution in [0, 0.1) is 0 Å². The molecule has 0 atom stereocenters. The number of aliphatic hydroxyl groups is 1. The highest BCUT2D eigenvalue weighted by molar-refractivity contribution is 7.99. The molecule has 1 saturated heterocycles. The summed E-state index contributed by atoms with van der Waals surface area (Å²) in [5.74, 6) is 0.969. The first-order valence-corrected chi connectivity index (χ1v) is 5.54. The molecule has 0 aromatic carbocycles. The normalized spacial score (nSPS) is 21.3. The van der Waals surface area contributed by atoms with E-state index in [1.165, 1.54) is 0 Å². The summed E-state index contributed by atoms with van der Waals surface area (Å²) in [6.07, 6.45) is 1.29. The average Bonchev–Trinajstić information content (AvgIpc) is 2.16. The Labute approximate surface area is 81.7 Å². The van der Waals surface area contributed by atoms with E-state index >= 15 is 0 Å². The molecule has 0 radical (unpaired) electrons. The van der Waals surface area contributed by atoms with Crippen molar-refractivity contribution >= 4 is 17.7 Å². The number of hydrogen-bond donors (Lipinski definition) is 3. The molecule has 1 heterocycles. The Hall–Kier alpha value is -0.260. The minimum atomic E-state index is -0.791. The van der Waals surface area contributed by atoms with Gasteiger partial charge in [0.05, 0.1) is 6.61 Å². The van der Waals surface area contributed by atoms with Gasteiger partial charge in [-0.3, -0.25) is 10.1 Å². The highest BCUT2D eigenvalue weighted by atomic mass is 32.2. The molecule has 0 saturated carbocycles. The Morgan fingerprint density at radius 1 is 1.46 bits per heavy atom. The van der Waals surface area contributed by atoms with E-state index in [2.05, 4.69) is 5.32 Å². The molecule has 0 unspecified atom stereocenters. The lowest BCUT2D eigenvalue weighted by Gasteiger charge is -2.33. The maximum atomic E-state index is 11.0. The quantitative estimate of drug-likeness (QED) is 0.599. The zero-order valence-corrected chi connectivity index (χ0v) is 8.27. The van der Waals surface area contributed by atoms with E-state index in [-0.39, 0.29) is 6.61 Å². The second-order valence-corrected chi connectivity index (χ2v) is 4.37. The molecule has 13 heavy (non-hydrogen) atoms. The number of aliphatic carboxylic acids is 1. The van der Waals surface area contributed by atoms with E-state index in [1.807, 2.05) is 0 Å². The topological polar surface area (TPSA) is 69.6 Å². The van der Waals surface area contributed by atoms with Gasteiger partial charge in [0.1, 0.15) is 5.54 Å². The lowest BCUT2D eigenvalue weighted by molar-refractivity contribution is -0.145. The van der Waals surface area contributed by atoms with Gasteiger partial charge in [0, 0.05) is 6.54 Å². The van der Waals surface area contributed by atoms with Gasteiger partial charge in [0.25, 0.3) is 0 Å². The summed E-state index contributed by atoms with van der Waals surface area (Å²) in [7, 11) is 0. The number of rotatable bonds is 4. The number of carboxylic acid groups (broad SMARTS) is 1. The van der Waals surface area contributed by atoms with Crippen molar-refractivity contribution in [1.82, 2.24) is 5.32 Å². The molecule has 4 nitrogen and oxygen atoms in total. The van der Waals surface area contributed by atoms with Gasteiger partial charge in [-0.2, -0.15) is 11.8 Å². The van der Waals surface area contributed by atoms with Crippen molar-refractivity contribution in [1.29, 1.82) is 0 Å². The van der Waals surface area contributed by atoms with Gasteiger partial charge in [-0.25, -0.2) is 0 Å². The maximum Gasteiger partial charge on any atom is 0.323 e. The van der Waals surface area contributed by atoms with Gasteiger partial charge in [-0.15, -0.1) is 0 Å². The summed E-state index contributed by atoms with van der Waals surface area (Å²) < 4.78 is 0. The molecule has 0 spiro atoms. The summed E-state index contributed by atoms with van der Waals surface area (Å²) in [5, 5.41) is 20.6. The largest absolute Gasteiger partial charge is 0.480 e. The van der Waals surface area contributed by atoms with E-state index in [9.17, 15) is 4.79 Å². The van der Waals surface area contributed by atoms with E-state index in [1.54, 1.807) is 11.8 Å². The van der Waals surface area contributed by atoms with Crippen molar-refractivity contribution in [3.8, 4) is 0 Å². The monoisotopic (exact) mass is 205 g/mol. The third-order valence-corrected chi connectivity index (χ3v) is 3.32. The fourth-order valence-electron chi connectivity index (χ4n) is 1.48. The van der Waals surface area contributed by atoms with Crippen molar-refractivity contribution in [2.75, 3.05) is 24.7 Å². The third kappa shape index (κ3) is 2.59. The standard InChI is InChI=1S/C8H15NO3S/c10-4-3-9-8(7(11)12)1-5-13-6-2-8/h9-10H,1-6H2,(H,11,12). The molecule has 0 aliphatic carbocycles. The molecule has 0 amide bonds. The van der Waals surface area contributed by atoms with Crippen molar-refractivity contribution < 1.29 is 15.0 Å². The Bertz CT molecular complexity index is 180. The van der Waals surface area contributed by atoms with E-state index in [4.69, 9.17) is 10.2 Å². The first kappa shape index (κ1) is 10.8. The fraction of sp³-hybridized carbons (Fsp3) is 0.875. The molecular formula is C8H15NO3S. The molecule has 0 bridgehead atoms. The van der Waals surface area contributed by atoms with Gasteiger partial charge < -0.3 is 10.2 Å². The number of nitrogens with one attached hydrogen (secondary N) is 1. The predicted molar refractivity (Wildman–Crippen MR) is 52.0 cm³/mol. The highest BCUT2D eigenvalue weighted by Crippen LogP contribution is 2.27. The van der Waals surface area contributed by atoms with Crippen molar-refractivity contribution in [3.63, 3.8) is 0 Å². The van der Waals surface area contributed by atoms with Crippen molar-refractivity contribution in [2.45, 2.75) is 18.4 Å². The lowest BCUT2D eigenvalue weighted by atomic mass is 9.92. The van der Waals surface area contributed by atoms with Gasteiger partial charge in [0.2, 0.25) is 0 Å². The zero-order chi connectivity index (χ0) is 9.73. The van der Waals surface area contributed by atoms with E-state index < -0.39 is 11.5 Å². The van der Waals surface area contributed by atoms with Crippen LogP contribution in [-0.4, -0.2) is 46.4 Å². The Morgan fingerprint density at radius 2 is 2.08 bits per heavy atom. The van der Waals surface area contributed by atoms with Crippen LogP contribution in [-0.2, 0) is 4.79 Å². The first-order valence-electron chi connectivity index (χ1n) is 4.38. The average molecular weight is 205 g/mol. The Balaban J connectivity index is 2.56.